The molecule has 1 fully saturated rings. The highest BCUT2D eigenvalue weighted by atomic mass is 16.2. The Kier molecular flexibility index (Phi) is 3.83. The predicted octanol–water partition coefficient (Wildman–Crippen LogP) is 2.24. The molecule has 106 valence electrons. The van der Waals surface area contributed by atoms with Crippen molar-refractivity contribution in [2.75, 3.05) is 25.0 Å². The Morgan fingerprint density at radius 2 is 1.95 bits per heavy atom. The number of carbonyl (C=O) groups excluding carboxylic acids is 2. The number of carbonyl (C=O) groups is 2. The summed E-state index contributed by atoms with van der Waals surface area (Å²) in [6.45, 7) is 2.51. The number of fused-ring (bicyclic) bond motifs is 1. The largest absolute Gasteiger partial charge is 0.325 e. The average molecular weight is 272 g/mol. The SMILES string of the molecule is O=C(CN1CCCC1)Nc1ccc2c(c1)CCCC2=O. The summed E-state index contributed by atoms with van der Waals surface area (Å²) in [5.74, 6) is 0.259. The van der Waals surface area contributed by atoms with Crippen LogP contribution in [-0.4, -0.2) is 36.2 Å². The number of Topliss-reactive ketones (excluding diaryl/α,β-unsaturated/α-hetero) is 1. The van der Waals surface area contributed by atoms with E-state index in [-0.39, 0.29) is 11.7 Å². The fraction of sp³-hybridized carbons (Fsp3) is 0.500. The van der Waals surface area contributed by atoms with Crippen LogP contribution in [0.4, 0.5) is 5.69 Å². The van der Waals surface area contributed by atoms with E-state index in [4.69, 9.17) is 0 Å². The lowest BCUT2D eigenvalue weighted by Gasteiger charge is -2.17. The van der Waals surface area contributed by atoms with Crippen LogP contribution < -0.4 is 5.32 Å². The number of benzene rings is 1. The van der Waals surface area contributed by atoms with Crippen molar-refractivity contribution < 1.29 is 9.59 Å². The maximum Gasteiger partial charge on any atom is 0.238 e. The molecule has 1 heterocycles. The number of anilines is 1. The maximum atomic E-state index is 12.0. The molecule has 0 aromatic heterocycles. The summed E-state index contributed by atoms with van der Waals surface area (Å²) >= 11 is 0. The van der Waals surface area contributed by atoms with Crippen molar-refractivity contribution in [1.29, 1.82) is 0 Å². The maximum absolute atomic E-state index is 12.0. The number of rotatable bonds is 3. The van der Waals surface area contributed by atoms with E-state index in [0.29, 0.717) is 13.0 Å². The molecule has 1 amide bonds. The Morgan fingerprint density at radius 3 is 2.75 bits per heavy atom. The molecule has 3 rings (SSSR count). The van der Waals surface area contributed by atoms with Gasteiger partial charge in [0, 0.05) is 17.7 Å². The second-order valence-corrected chi connectivity index (χ2v) is 5.68. The fourth-order valence-corrected chi connectivity index (χ4v) is 3.07. The van der Waals surface area contributed by atoms with Gasteiger partial charge in [0.2, 0.25) is 5.91 Å². The Morgan fingerprint density at radius 1 is 1.15 bits per heavy atom. The molecule has 2 aliphatic rings. The van der Waals surface area contributed by atoms with Gasteiger partial charge in [-0.15, -0.1) is 0 Å². The Balaban J connectivity index is 1.65. The Labute approximate surface area is 119 Å². The lowest BCUT2D eigenvalue weighted by Crippen LogP contribution is -2.30. The molecule has 0 unspecified atom stereocenters. The highest BCUT2D eigenvalue weighted by Crippen LogP contribution is 2.24. The number of likely N-dealkylation sites (tertiary alicyclic amines) is 1. The highest BCUT2D eigenvalue weighted by molar-refractivity contribution is 5.99. The Bertz CT molecular complexity index is 533. The van der Waals surface area contributed by atoms with E-state index >= 15 is 0 Å². The summed E-state index contributed by atoms with van der Waals surface area (Å²) in [6, 6.07) is 5.64. The zero-order valence-electron chi connectivity index (χ0n) is 11.7. The average Bonchev–Trinajstić information content (AvgIpc) is 2.91. The third-order valence-corrected chi connectivity index (χ3v) is 4.11. The van der Waals surface area contributed by atoms with Gasteiger partial charge in [-0.3, -0.25) is 14.5 Å². The van der Waals surface area contributed by atoms with E-state index in [2.05, 4.69) is 10.2 Å². The summed E-state index contributed by atoms with van der Waals surface area (Å²) < 4.78 is 0. The van der Waals surface area contributed by atoms with E-state index in [1.165, 1.54) is 12.8 Å². The van der Waals surface area contributed by atoms with Gasteiger partial charge in [0.05, 0.1) is 6.54 Å². The van der Waals surface area contributed by atoms with Crippen LogP contribution in [0.5, 0.6) is 0 Å². The molecule has 0 saturated carbocycles. The molecule has 1 aromatic carbocycles. The molecule has 1 aromatic rings. The van der Waals surface area contributed by atoms with Gasteiger partial charge in [0.15, 0.2) is 5.78 Å². The van der Waals surface area contributed by atoms with Crippen LogP contribution in [0.2, 0.25) is 0 Å². The molecule has 0 spiro atoms. The van der Waals surface area contributed by atoms with E-state index < -0.39 is 0 Å². The van der Waals surface area contributed by atoms with Crippen LogP contribution in [0.1, 0.15) is 41.6 Å². The third kappa shape index (κ3) is 2.90. The van der Waals surface area contributed by atoms with Gasteiger partial charge in [0.25, 0.3) is 0 Å². The van der Waals surface area contributed by atoms with E-state index in [1.54, 1.807) is 0 Å². The third-order valence-electron chi connectivity index (χ3n) is 4.11. The summed E-state index contributed by atoms with van der Waals surface area (Å²) in [7, 11) is 0. The summed E-state index contributed by atoms with van der Waals surface area (Å²) in [5, 5.41) is 2.94. The molecule has 1 aliphatic heterocycles. The molecule has 0 atom stereocenters. The van der Waals surface area contributed by atoms with Gasteiger partial charge < -0.3 is 5.32 Å². The Hall–Kier alpha value is -1.68. The van der Waals surface area contributed by atoms with Crippen molar-refractivity contribution in [2.24, 2.45) is 0 Å². The lowest BCUT2D eigenvalue weighted by molar-refractivity contribution is -0.117. The van der Waals surface area contributed by atoms with Gasteiger partial charge in [-0.25, -0.2) is 0 Å². The van der Waals surface area contributed by atoms with Gasteiger partial charge in [-0.1, -0.05) is 0 Å². The van der Waals surface area contributed by atoms with Gasteiger partial charge in [-0.2, -0.15) is 0 Å². The predicted molar refractivity (Wildman–Crippen MR) is 78.0 cm³/mol. The number of nitrogens with zero attached hydrogens (tertiary/aromatic N) is 1. The minimum Gasteiger partial charge on any atom is -0.325 e. The minimum absolute atomic E-state index is 0.0361. The van der Waals surface area contributed by atoms with Crippen LogP contribution in [-0.2, 0) is 11.2 Å². The summed E-state index contributed by atoms with van der Waals surface area (Å²) in [4.78, 5) is 25.9. The summed E-state index contributed by atoms with van der Waals surface area (Å²) in [5.41, 5.74) is 2.71. The molecule has 0 bridgehead atoms. The van der Waals surface area contributed by atoms with Crippen LogP contribution in [0.15, 0.2) is 18.2 Å². The fourth-order valence-electron chi connectivity index (χ4n) is 3.07. The quantitative estimate of drug-likeness (QED) is 0.918. The smallest absolute Gasteiger partial charge is 0.238 e. The molecule has 1 N–H and O–H groups in total. The molecule has 1 aliphatic carbocycles. The topological polar surface area (TPSA) is 49.4 Å². The number of nitrogens with one attached hydrogen (secondary N) is 1. The normalized spacial score (nSPS) is 18.9. The van der Waals surface area contributed by atoms with Gasteiger partial charge >= 0.3 is 0 Å². The second kappa shape index (κ2) is 5.75. The molecule has 20 heavy (non-hydrogen) atoms. The first kappa shape index (κ1) is 13.3. The molecule has 4 nitrogen and oxygen atoms in total. The van der Waals surface area contributed by atoms with Crippen molar-refractivity contribution in [3.63, 3.8) is 0 Å². The van der Waals surface area contributed by atoms with Crippen LogP contribution >= 0.6 is 0 Å². The second-order valence-electron chi connectivity index (χ2n) is 5.68. The molecule has 1 saturated heterocycles. The lowest BCUT2D eigenvalue weighted by atomic mass is 9.90. The number of hydrogen-bond acceptors (Lipinski definition) is 3. The minimum atomic E-state index is 0.0361. The molecule has 4 heteroatoms. The molecular weight excluding hydrogens is 252 g/mol. The molecular formula is C16H20N2O2. The van der Waals surface area contributed by atoms with Crippen molar-refractivity contribution in [3.05, 3.63) is 29.3 Å². The first-order valence-corrected chi connectivity index (χ1v) is 7.41. The van der Waals surface area contributed by atoms with Crippen molar-refractivity contribution in [1.82, 2.24) is 4.90 Å². The van der Waals surface area contributed by atoms with E-state index in [0.717, 1.165) is 42.7 Å². The first-order chi connectivity index (χ1) is 9.72. The monoisotopic (exact) mass is 272 g/mol. The zero-order valence-corrected chi connectivity index (χ0v) is 11.7. The van der Waals surface area contributed by atoms with Gasteiger partial charge in [0.1, 0.15) is 0 Å². The first-order valence-electron chi connectivity index (χ1n) is 7.41. The number of ketones is 1. The number of hydrogen-bond donors (Lipinski definition) is 1. The number of aryl methyl sites for hydroxylation is 1. The highest BCUT2D eigenvalue weighted by Gasteiger charge is 2.18. The van der Waals surface area contributed by atoms with Crippen molar-refractivity contribution in [2.45, 2.75) is 32.1 Å². The van der Waals surface area contributed by atoms with Gasteiger partial charge in [-0.05, 0) is 62.5 Å². The standard InChI is InChI=1S/C16H20N2O2/c19-15-5-3-4-12-10-13(6-7-14(12)15)17-16(20)11-18-8-1-2-9-18/h6-7,10H,1-5,8-9,11H2,(H,17,20). The van der Waals surface area contributed by atoms with E-state index in [9.17, 15) is 9.59 Å². The zero-order chi connectivity index (χ0) is 13.9. The van der Waals surface area contributed by atoms with Crippen LogP contribution in [0, 0.1) is 0 Å². The molecule has 0 radical (unpaired) electrons. The van der Waals surface area contributed by atoms with Crippen molar-refractivity contribution >= 4 is 17.4 Å². The summed E-state index contributed by atoms with van der Waals surface area (Å²) in [6.07, 6.45) is 4.87. The van der Waals surface area contributed by atoms with Crippen molar-refractivity contribution in [3.8, 4) is 0 Å². The number of amides is 1. The van der Waals surface area contributed by atoms with E-state index in [1.807, 2.05) is 18.2 Å². The van der Waals surface area contributed by atoms with Crippen LogP contribution in [0.25, 0.3) is 0 Å². The van der Waals surface area contributed by atoms with Crippen LogP contribution in [0.3, 0.4) is 0 Å².